The van der Waals surface area contributed by atoms with E-state index in [0.717, 1.165) is 11.8 Å². The summed E-state index contributed by atoms with van der Waals surface area (Å²) in [6.07, 6.45) is -1.54. The van der Waals surface area contributed by atoms with Gasteiger partial charge in [-0.25, -0.2) is 13.4 Å². The molecule has 2 aliphatic rings. The van der Waals surface area contributed by atoms with Crippen molar-refractivity contribution in [2.75, 3.05) is 35.3 Å². The van der Waals surface area contributed by atoms with E-state index >= 15 is 0 Å². The standard InChI is InChI=1S/C19H21F3N6O3S/c1-32(30,31)28-6-2-3-13(28)9-23-17-14(19(20,21)22)10-24-18(27-17)25-12-4-5-15-11(7-12)8-16(29)26-15/h4-5,7,10,13H,2-3,6,8-9H2,1H3,(H,26,29)(H2,23,24,25,27)/t13-/m1/s1. The Morgan fingerprint density at radius 2 is 2.09 bits per heavy atom. The zero-order valence-corrected chi connectivity index (χ0v) is 17.8. The number of nitrogens with zero attached hydrogens (tertiary/aromatic N) is 3. The second kappa shape index (κ2) is 8.20. The van der Waals surface area contributed by atoms with Gasteiger partial charge in [0.1, 0.15) is 11.4 Å². The minimum Gasteiger partial charge on any atom is -0.368 e. The number of rotatable bonds is 6. The van der Waals surface area contributed by atoms with Crippen LogP contribution in [0.25, 0.3) is 0 Å². The predicted molar refractivity (Wildman–Crippen MR) is 112 cm³/mol. The Kier molecular flexibility index (Phi) is 5.71. The Bertz CT molecular complexity index is 1160. The lowest BCUT2D eigenvalue weighted by Gasteiger charge is -2.23. The number of carbonyl (C=O) groups excluding carboxylic acids is 1. The number of anilines is 4. The first-order valence-corrected chi connectivity index (χ1v) is 11.7. The highest BCUT2D eigenvalue weighted by Gasteiger charge is 2.36. The van der Waals surface area contributed by atoms with Crippen LogP contribution in [0.2, 0.25) is 0 Å². The molecule has 0 saturated carbocycles. The molecule has 1 aromatic carbocycles. The van der Waals surface area contributed by atoms with Crippen molar-refractivity contribution < 1.29 is 26.4 Å². The molecule has 4 rings (SSSR count). The van der Waals surface area contributed by atoms with Crippen molar-refractivity contribution in [2.24, 2.45) is 0 Å². The van der Waals surface area contributed by atoms with Crippen LogP contribution < -0.4 is 16.0 Å². The minimum atomic E-state index is -4.69. The van der Waals surface area contributed by atoms with Gasteiger partial charge in [-0.3, -0.25) is 4.79 Å². The zero-order chi connectivity index (χ0) is 23.1. The number of nitrogens with one attached hydrogen (secondary N) is 3. The molecule has 1 saturated heterocycles. The molecular formula is C19H21F3N6O3S. The predicted octanol–water partition coefficient (Wildman–Crippen LogP) is 2.57. The summed E-state index contributed by atoms with van der Waals surface area (Å²) in [6, 6.07) is 4.58. The molecule has 1 amide bonds. The minimum absolute atomic E-state index is 0.0147. The third-order valence-electron chi connectivity index (χ3n) is 5.33. The van der Waals surface area contributed by atoms with Crippen molar-refractivity contribution >= 4 is 39.1 Å². The normalized spacial score (nSPS) is 19.0. The Labute approximate surface area is 182 Å². The van der Waals surface area contributed by atoms with E-state index in [0.29, 0.717) is 37.0 Å². The summed E-state index contributed by atoms with van der Waals surface area (Å²) in [5, 5.41) is 8.22. The smallest absolute Gasteiger partial charge is 0.368 e. The van der Waals surface area contributed by atoms with Gasteiger partial charge in [0.15, 0.2) is 0 Å². The van der Waals surface area contributed by atoms with Crippen molar-refractivity contribution in [3.63, 3.8) is 0 Å². The molecule has 0 spiro atoms. The Morgan fingerprint density at radius 3 is 2.81 bits per heavy atom. The van der Waals surface area contributed by atoms with Crippen LogP contribution in [0, 0.1) is 0 Å². The lowest BCUT2D eigenvalue weighted by atomic mass is 10.1. The number of hydrogen-bond donors (Lipinski definition) is 3. The molecule has 1 fully saturated rings. The first-order valence-electron chi connectivity index (χ1n) is 9.85. The van der Waals surface area contributed by atoms with Gasteiger partial charge in [-0.15, -0.1) is 0 Å². The number of aromatic nitrogens is 2. The molecule has 2 aliphatic heterocycles. The third kappa shape index (κ3) is 4.78. The number of alkyl halides is 3. The lowest BCUT2D eigenvalue weighted by Crippen LogP contribution is -2.39. The number of benzene rings is 1. The van der Waals surface area contributed by atoms with Crippen molar-refractivity contribution in [3.8, 4) is 0 Å². The number of sulfonamides is 1. The van der Waals surface area contributed by atoms with Gasteiger partial charge in [0.05, 0.1) is 12.7 Å². The van der Waals surface area contributed by atoms with Crippen LogP contribution in [0.5, 0.6) is 0 Å². The molecule has 9 nitrogen and oxygen atoms in total. The second-order valence-corrected chi connectivity index (χ2v) is 9.66. The Morgan fingerprint density at radius 1 is 1.31 bits per heavy atom. The average molecular weight is 470 g/mol. The van der Waals surface area contributed by atoms with Crippen molar-refractivity contribution in [2.45, 2.75) is 31.5 Å². The molecule has 2 aromatic rings. The van der Waals surface area contributed by atoms with Crippen molar-refractivity contribution in [1.29, 1.82) is 0 Å². The van der Waals surface area contributed by atoms with Gasteiger partial charge in [0, 0.05) is 36.7 Å². The number of amides is 1. The number of hydrogen-bond acceptors (Lipinski definition) is 7. The highest BCUT2D eigenvalue weighted by Crippen LogP contribution is 2.35. The molecule has 0 unspecified atom stereocenters. The van der Waals surface area contributed by atoms with Gasteiger partial charge in [-0.2, -0.15) is 22.5 Å². The van der Waals surface area contributed by atoms with Gasteiger partial charge >= 0.3 is 6.18 Å². The van der Waals surface area contributed by atoms with Gasteiger partial charge < -0.3 is 16.0 Å². The fourth-order valence-electron chi connectivity index (χ4n) is 3.88. The summed E-state index contributed by atoms with van der Waals surface area (Å²) in [7, 11) is -3.46. The van der Waals surface area contributed by atoms with E-state index in [4.69, 9.17) is 0 Å². The molecule has 1 aromatic heterocycles. The quantitative estimate of drug-likeness (QED) is 0.594. The van der Waals surface area contributed by atoms with E-state index < -0.39 is 33.6 Å². The lowest BCUT2D eigenvalue weighted by molar-refractivity contribution is -0.137. The third-order valence-corrected chi connectivity index (χ3v) is 6.67. The van der Waals surface area contributed by atoms with E-state index in [-0.39, 0.29) is 24.8 Å². The Balaban J connectivity index is 1.55. The summed E-state index contributed by atoms with van der Waals surface area (Å²) < 4.78 is 65.5. The summed E-state index contributed by atoms with van der Waals surface area (Å²) in [6.45, 7) is 0.322. The maximum Gasteiger partial charge on any atom is 0.421 e. The van der Waals surface area contributed by atoms with Crippen LogP contribution in [-0.2, 0) is 27.4 Å². The van der Waals surface area contributed by atoms with Crippen LogP contribution in [0.4, 0.5) is 36.3 Å². The first-order chi connectivity index (χ1) is 15.0. The van der Waals surface area contributed by atoms with Crippen molar-refractivity contribution in [1.82, 2.24) is 14.3 Å². The van der Waals surface area contributed by atoms with Gasteiger partial charge in [-0.05, 0) is 36.6 Å². The van der Waals surface area contributed by atoms with Gasteiger partial charge in [0.25, 0.3) is 0 Å². The van der Waals surface area contributed by atoms with Crippen molar-refractivity contribution in [3.05, 3.63) is 35.5 Å². The van der Waals surface area contributed by atoms with E-state index in [9.17, 15) is 26.4 Å². The molecule has 32 heavy (non-hydrogen) atoms. The van der Waals surface area contributed by atoms with E-state index in [2.05, 4.69) is 25.9 Å². The summed E-state index contributed by atoms with van der Waals surface area (Å²) in [4.78, 5) is 19.3. The van der Waals surface area contributed by atoms with Crippen LogP contribution >= 0.6 is 0 Å². The van der Waals surface area contributed by atoms with Gasteiger partial charge in [0.2, 0.25) is 21.9 Å². The molecule has 3 heterocycles. The summed E-state index contributed by atoms with van der Waals surface area (Å²) in [5.74, 6) is -0.637. The molecule has 13 heteroatoms. The maximum absolute atomic E-state index is 13.5. The van der Waals surface area contributed by atoms with Gasteiger partial charge in [-0.1, -0.05) is 0 Å². The molecule has 0 aliphatic carbocycles. The van der Waals surface area contributed by atoms with E-state index in [1.807, 2.05) is 0 Å². The first kappa shape index (κ1) is 22.3. The van der Waals surface area contributed by atoms with E-state index in [1.54, 1.807) is 18.2 Å². The second-order valence-electron chi connectivity index (χ2n) is 7.73. The Hall–Kier alpha value is -2.93. The number of carbonyl (C=O) groups is 1. The highest BCUT2D eigenvalue weighted by atomic mass is 32.2. The largest absolute Gasteiger partial charge is 0.421 e. The van der Waals surface area contributed by atoms with E-state index in [1.165, 1.54) is 4.31 Å². The van der Waals surface area contributed by atoms with Crippen LogP contribution in [0.15, 0.2) is 24.4 Å². The highest BCUT2D eigenvalue weighted by molar-refractivity contribution is 7.88. The number of halogens is 3. The molecule has 172 valence electrons. The zero-order valence-electron chi connectivity index (χ0n) is 17.0. The van der Waals surface area contributed by atoms with Crippen LogP contribution in [0.3, 0.4) is 0 Å². The fraction of sp³-hybridized carbons (Fsp3) is 0.421. The molecule has 3 N–H and O–H groups in total. The maximum atomic E-state index is 13.5. The summed E-state index contributed by atoms with van der Waals surface area (Å²) in [5.41, 5.74) is 0.913. The SMILES string of the molecule is CS(=O)(=O)N1CCC[C@@H]1CNc1nc(Nc2ccc3c(c2)CC(=O)N3)ncc1C(F)(F)F. The topological polar surface area (TPSA) is 116 Å². The monoisotopic (exact) mass is 470 g/mol. The molecule has 1 atom stereocenters. The molecular weight excluding hydrogens is 449 g/mol. The fourth-order valence-corrected chi connectivity index (χ4v) is 5.07. The number of fused-ring (bicyclic) bond motifs is 1. The van der Waals surface area contributed by atoms with Crippen LogP contribution in [-0.4, -0.2) is 54.0 Å². The molecule has 0 radical (unpaired) electrons. The average Bonchev–Trinajstić information content (AvgIpc) is 3.30. The summed E-state index contributed by atoms with van der Waals surface area (Å²) >= 11 is 0. The van der Waals surface area contributed by atoms with Crippen LogP contribution in [0.1, 0.15) is 24.0 Å². The molecule has 0 bridgehead atoms.